The Morgan fingerprint density at radius 2 is 2.00 bits per heavy atom. The minimum absolute atomic E-state index is 0.231. The second kappa shape index (κ2) is 4.84. The number of carbonyl (C=O) groups is 2. The molecule has 0 saturated heterocycles. The third-order valence-electron chi connectivity index (χ3n) is 2.50. The van der Waals surface area contributed by atoms with Gasteiger partial charge in [0.1, 0.15) is 5.82 Å². The van der Waals surface area contributed by atoms with Crippen molar-refractivity contribution in [2.24, 2.45) is 0 Å². The van der Waals surface area contributed by atoms with Gasteiger partial charge >= 0.3 is 5.97 Å². The van der Waals surface area contributed by atoms with Crippen LogP contribution >= 0.6 is 11.6 Å². The molecule has 0 aromatic heterocycles. The quantitative estimate of drug-likeness (QED) is 0.845. The average Bonchev–Trinajstić information content (AvgIpc) is 2.20. The molecule has 0 radical (unpaired) electrons. The fourth-order valence-electron chi connectivity index (χ4n) is 1.59. The van der Waals surface area contributed by atoms with E-state index in [0.29, 0.717) is 10.6 Å². The van der Waals surface area contributed by atoms with E-state index in [4.69, 9.17) is 16.7 Å². The largest absolute Gasteiger partial charge is 0.476 e. The van der Waals surface area contributed by atoms with E-state index in [0.717, 1.165) is 0 Å². The second-order valence-electron chi connectivity index (χ2n) is 4.41. The highest BCUT2D eigenvalue weighted by atomic mass is 35.5. The molecule has 0 aliphatic heterocycles. The third-order valence-corrected chi connectivity index (χ3v) is 2.83. The van der Waals surface area contributed by atoms with Crippen LogP contribution in [0.25, 0.3) is 0 Å². The van der Waals surface area contributed by atoms with Crippen molar-refractivity contribution in [3.63, 3.8) is 0 Å². The number of carbonyl (C=O) groups excluding carboxylic acids is 1. The summed E-state index contributed by atoms with van der Waals surface area (Å²) in [6.45, 7) is 3.29. The van der Waals surface area contributed by atoms with E-state index < -0.39 is 23.0 Å². The molecule has 0 aliphatic carbocycles. The van der Waals surface area contributed by atoms with Crippen LogP contribution < -0.4 is 0 Å². The van der Waals surface area contributed by atoms with Crippen LogP contribution in [0.15, 0.2) is 18.2 Å². The summed E-state index contributed by atoms with van der Waals surface area (Å²) in [5.74, 6) is -2.89. The molecule has 92 valence electrons. The second-order valence-corrected chi connectivity index (χ2v) is 4.82. The highest BCUT2D eigenvalue weighted by Gasteiger charge is 2.29. The predicted octanol–water partition coefficient (Wildman–Crippen LogP) is 2.80. The molecule has 3 nitrogen and oxygen atoms in total. The number of rotatable bonds is 4. The number of carboxylic acids is 1. The smallest absolute Gasteiger partial charge is 0.372 e. The Labute approximate surface area is 103 Å². The lowest BCUT2D eigenvalue weighted by molar-refractivity contribution is -0.149. The van der Waals surface area contributed by atoms with E-state index in [1.165, 1.54) is 18.2 Å². The number of Topliss-reactive ketones (excluding diaryl/α,β-unsaturated/α-hetero) is 1. The number of hydrogen-bond donors (Lipinski definition) is 1. The van der Waals surface area contributed by atoms with Crippen molar-refractivity contribution in [2.75, 3.05) is 0 Å². The lowest BCUT2D eigenvalue weighted by atomic mass is 9.80. The van der Waals surface area contributed by atoms with Gasteiger partial charge in [-0.3, -0.25) is 4.79 Å². The van der Waals surface area contributed by atoms with Crippen LogP contribution in [0, 0.1) is 5.82 Å². The van der Waals surface area contributed by atoms with Gasteiger partial charge in [-0.1, -0.05) is 25.4 Å². The first kappa shape index (κ1) is 13.6. The summed E-state index contributed by atoms with van der Waals surface area (Å²) >= 11 is 5.92. The first-order chi connectivity index (χ1) is 7.74. The summed E-state index contributed by atoms with van der Waals surface area (Å²) in [7, 11) is 0. The van der Waals surface area contributed by atoms with E-state index in [2.05, 4.69) is 0 Å². The highest BCUT2D eigenvalue weighted by Crippen LogP contribution is 2.33. The molecule has 0 spiro atoms. The number of aliphatic carboxylic acids is 1. The molecular formula is C12H12ClFO3. The maximum Gasteiger partial charge on any atom is 0.372 e. The Morgan fingerprint density at radius 3 is 2.53 bits per heavy atom. The van der Waals surface area contributed by atoms with E-state index in [9.17, 15) is 14.0 Å². The number of ketones is 1. The van der Waals surface area contributed by atoms with Gasteiger partial charge in [-0.2, -0.15) is 0 Å². The summed E-state index contributed by atoms with van der Waals surface area (Å²) < 4.78 is 13.1. The predicted molar refractivity (Wildman–Crippen MR) is 61.7 cm³/mol. The Bertz CT molecular complexity index is 469. The molecule has 1 aromatic rings. The van der Waals surface area contributed by atoms with Crippen LogP contribution in [-0.4, -0.2) is 16.9 Å². The van der Waals surface area contributed by atoms with Crippen LogP contribution in [0.3, 0.4) is 0 Å². The minimum atomic E-state index is -1.49. The molecule has 17 heavy (non-hydrogen) atoms. The number of carboxylic acid groups (broad SMARTS) is 1. The molecule has 0 amide bonds. The van der Waals surface area contributed by atoms with E-state index in [-0.39, 0.29) is 6.42 Å². The first-order valence-electron chi connectivity index (χ1n) is 4.95. The molecule has 5 heteroatoms. The summed E-state index contributed by atoms with van der Waals surface area (Å²) in [4.78, 5) is 21.7. The molecule has 1 rings (SSSR count). The maximum absolute atomic E-state index is 13.1. The molecule has 0 fully saturated rings. The zero-order valence-corrected chi connectivity index (χ0v) is 10.2. The van der Waals surface area contributed by atoms with Crippen molar-refractivity contribution in [1.82, 2.24) is 0 Å². The SMILES string of the molecule is CC(C)(CC(=O)C(=O)O)c1cc(F)ccc1Cl. The third kappa shape index (κ3) is 3.27. The van der Waals surface area contributed by atoms with Gasteiger partial charge < -0.3 is 5.11 Å². The van der Waals surface area contributed by atoms with Crippen LogP contribution in [0.4, 0.5) is 4.39 Å². The summed E-state index contributed by atoms with van der Waals surface area (Å²) in [6, 6.07) is 3.82. The Hall–Kier alpha value is -1.42. The van der Waals surface area contributed by atoms with E-state index in [1.807, 2.05) is 0 Å². The first-order valence-corrected chi connectivity index (χ1v) is 5.33. The van der Waals surface area contributed by atoms with Gasteiger partial charge in [0.25, 0.3) is 0 Å². The van der Waals surface area contributed by atoms with Crippen LogP contribution in [0.2, 0.25) is 5.02 Å². The normalized spacial score (nSPS) is 11.3. The van der Waals surface area contributed by atoms with Crippen molar-refractivity contribution in [1.29, 1.82) is 0 Å². The van der Waals surface area contributed by atoms with Crippen LogP contribution in [-0.2, 0) is 15.0 Å². The zero-order chi connectivity index (χ0) is 13.2. The van der Waals surface area contributed by atoms with Gasteiger partial charge in [0.15, 0.2) is 0 Å². The summed E-state index contributed by atoms with van der Waals surface area (Å²) in [5.41, 5.74) is -0.400. The van der Waals surface area contributed by atoms with E-state index in [1.54, 1.807) is 13.8 Å². The van der Waals surface area contributed by atoms with Crippen LogP contribution in [0.5, 0.6) is 0 Å². The van der Waals surface area contributed by atoms with Gasteiger partial charge in [0.2, 0.25) is 5.78 Å². The van der Waals surface area contributed by atoms with Crippen molar-refractivity contribution >= 4 is 23.4 Å². The van der Waals surface area contributed by atoms with Crippen LogP contribution in [0.1, 0.15) is 25.8 Å². The van der Waals surface area contributed by atoms with Crippen molar-refractivity contribution in [3.05, 3.63) is 34.6 Å². The zero-order valence-electron chi connectivity index (χ0n) is 9.46. The monoisotopic (exact) mass is 258 g/mol. The number of halogens is 2. The minimum Gasteiger partial charge on any atom is -0.476 e. The number of hydrogen-bond acceptors (Lipinski definition) is 2. The molecule has 1 N–H and O–H groups in total. The topological polar surface area (TPSA) is 54.4 Å². The molecular weight excluding hydrogens is 247 g/mol. The number of benzene rings is 1. The van der Waals surface area contributed by atoms with Gasteiger partial charge in [-0.25, -0.2) is 9.18 Å². The van der Waals surface area contributed by atoms with Gasteiger partial charge in [0, 0.05) is 11.4 Å². The highest BCUT2D eigenvalue weighted by molar-refractivity contribution is 6.33. The lowest BCUT2D eigenvalue weighted by Crippen LogP contribution is -2.26. The Kier molecular flexibility index (Phi) is 3.88. The molecule has 0 bridgehead atoms. The van der Waals surface area contributed by atoms with Gasteiger partial charge in [0.05, 0.1) is 0 Å². The molecule has 0 atom stereocenters. The van der Waals surface area contributed by atoms with E-state index >= 15 is 0 Å². The summed E-state index contributed by atoms with van der Waals surface area (Å²) in [6.07, 6.45) is -0.231. The standard InChI is InChI=1S/C12H12ClFO3/c1-12(2,6-10(15)11(16)17)8-5-7(14)3-4-9(8)13/h3-5H,6H2,1-2H3,(H,16,17). The molecule has 0 unspecified atom stereocenters. The molecule has 1 aromatic carbocycles. The van der Waals surface area contributed by atoms with Gasteiger partial charge in [-0.15, -0.1) is 0 Å². The van der Waals surface area contributed by atoms with Crippen molar-refractivity contribution in [3.8, 4) is 0 Å². The molecule has 0 heterocycles. The van der Waals surface area contributed by atoms with Crippen molar-refractivity contribution in [2.45, 2.75) is 25.7 Å². The van der Waals surface area contributed by atoms with Crippen molar-refractivity contribution < 1.29 is 19.1 Å². The summed E-state index contributed by atoms with van der Waals surface area (Å²) in [5, 5.41) is 8.87. The Morgan fingerprint density at radius 1 is 1.41 bits per heavy atom. The fraction of sp³-hybridized carbons (Fsp3) is 0.333. The molecule has 0 aliphatic rings. The molecule has 0 saturated carbocycles. The maximum atomic E-state index is 13.1. The fourth-order valence-corrected chi connectivity index (χ4v) is 1.96. The van der Waals surface area contributed by atoms with Gasteiger partial charge in [-0.05, 0) is 29.2 Å². The Balaban J connectivity index is 3.08. The lowest BCUT2D eigenvalue weighted by Gasteiger charge is -2.24. The average molecular weight is 259 g/mol.